The molecule has 1 fully saturated rings. The molecule has 0 aliphatic carbocycles. The number of carbonyl (C=O) groups excluding carboxylic acids is 1. The molecule has 1 aliphatic heterocycles. The van der Waals surface area contributed by atoms with Gasteiger partial charge in [0.25, 0.3) is 5.91 Å². The molecule has 186 valence electrons. The second kappa shape index (κ2) is 10.8. The van der Waals surface area contributed by atoms with Gasteiger partial charge in [-0.2, -0.15) is 0 Å². The number of pyridine rings is 1. The highest BCUT2D eigenvalue weighted by Crippen LogP contribution is 2.71. The number of nitrogens with zero attached hydrogens (tertiary/aromatic N) is 2. The lowest BCUT2D eigenvalue weighted by molar-refractivity contribution is -0.127. The predicted molar refractivity (Wildman–Crippen MR) is 146 cm³/mol. The number of anilines is 1. The Morgan fingerprint density at radius 1 is 1.06 bits per heavy atom. The van der Waals surface area contributed by atoms with Gasteiger partial charge in [-0.3, -0.25) is 9.69 Å². The first-order valence-electron chi connectivity index (χ1n) is 11.9. The number of benzene rings is 2. The van der Waals surface area contributed by atoms with E-state index in [0.29, 0.717) is 23.6 Å². The minimum atomic E-state index is -1.88. The van der Waals surface area contributed by atoms with Gasteiger partial charge in [-0.1, -0.05) is 53.6 Å². The van der Waals surface area contributed by atoms with Gasteiger partial charge in [0, 0.05) is 14.5 Å². The summed E-state index contributed by atoms with van der Waals surface area (Å²) in [6.45, 7) is 9.77. The van der Waals surface area contributed by atoms with Crippen LogP contribution in [0.1, 0.15) is 39.7 Å². The fourth-order valence-corrected chi connectivity index (χ4v) is 8.70. The van der Waals surface area contributed by atoms with E-state index >= 15 is 0 Å². The molecule has 1 atom stereocenters. The summed E-state index contributed by atoms with van der Waals surface area (Å²) in [5.41, 5.74) is 0.962. The fraction of sp³-hybridized carbons (Fsp3) is 0.357. The van der Waals surface area contributed by atoms with Crippen LogP contribution in [0.15, 0.2) is 87.2 Å². The number of aromatic nitrogens is 1. The van der Waals surface area contributed by atoms with Crippen LogP contribution in [0.3, 0.4) is 0 Å². The maximum Gasteiger partial charge on any atom is 0.254 e. The summed E-state index contributed by atoms with van der Waals surface area (Å²) in [7, 11) is -1.88. The van der Waals surface area contributed by atoms with Gasteiger partial charge in [-0.25, -0.2) is 4.98 Å². The Hall–Kier alpha value is -2.19. The Morgan fingerprint density at radius 3 is 2.20 bits per heavy atom. The quantitative estimate of drug-likeness (QED) is 0.290. The summed E-state index contributed by atoms with van der Waals surface area (Å²) >= 11 is 3.56. The van der Waals surface area contributed by atoms with E-state index in [1.54, 1.807) is 4.90 Å². The number of hydrogen-bond acceptors (Lipinski definition) is 4. The van der Waals surface area contributed by atoms with E-state index < -0.39 is 10.3 Å². The van der Waals surface area contributed by atoms with Gasteiger partial charge in [0.2, 0.25) is 0 Å². The number of morpholine rings is 1. The molecule has 7 heteroatoms. The second-order valence-corrected chi connectivity index (χ2v) is 13.9. The van der Waals surface area contributed by atoms with E-state index in [-0.39, 0.29) is 23.3 Å². The van der Waals surface area contributed by atoms with Crippen molar-refractivity contribution in [2.45, 2.75) is 61.3 Å². The van der Waals surface area contributed by atoms with Crippen molar-refractivity contribution in [1.29, 1.82) is 0 Å². The molecule has 3 aromatic rings. The molecular formula is C28H33BrN2O3S. The van der Waals surface area contributed by atoms with Crippen LogP contribution < -0.4 is 4.90 Å². The molecule has 0 spiro atoms. The molecule has 1 amide bonds. The molecule has 0 N–H and O–H groups in total. The van der Waals surface area contributed by atoms with Gasteiger partial charge in [0.1, 0.15) is 17.0 Å². The van der Waals surface area contributed by atoms with Crippen LogP contribution in [0, 0.1) is 0 Å². The van der Waals surface area contributed by atoms with Crippen molar-refractivity contribution < 1.29 is 13.7 Å². The number of amides is 1. The zero-order valence-corrected chi connectivity index (χ0v) is 23.1. The first-order chi connectivity index (χ1) is 16.8. The summed E-state index contributed by atoms with van der Waals surface area (Å²) < 4.78 is 13.0. The maximum atomic E-state index is 12.7. The second-order valence-electron chi connectivity index (χ2n) is 9.55. The fourth-order valence-electron chi connectivity index (χ4n) is 4.52. The van der Waals surface area contributed by atoms with Crippen molar-refractivity contribution in [2.75, 3.05) is 18.1 Å². The molecule has 2 aromatic carbocycles. The molecule has 1 aromatic heterocycles. The van der Waals surface area contributed by atoms with E-state index in [1.807, 2.05) is 24.3 Å². The number of hydrogen-bond donors (Lipinski definition) is 0. The van der Waals surface area contributed by atoms with Crippen molar-refractivity contribution in [3.05, 3.63) is 83.0 Å². The summed E-state index contributed by atoms with van der Waals surface area (Å²) in [4.78, 5) is 21.5. The van der Waals surface area contributed by atoms with E-state index in [4.69, 9.17) is 8.92 Å². The van der Waals surface area contributed by atoms with Crippen LogP contribution in [0.4, 0.5) is 5.82 Å². The lowest BCUT2D eigenvalue weighted by Crippen LogP contribution is -2.49. The average molecular weight is 558 g/mol. The van der Waals surface area contributed by atoms with E-state index in [1.165, 1.54) is 9.79 Å². The third-order valence-electron chi connectivity index (χ3n) is 6.14. The third-order valence-corrected chi connectivity index (χ3v) is 10.6. The Morgan fingerprint density at radius 2 is 1.66 bits per heavy atom. The van der Waals surface area contributed by atoms with Crippen LogP contribution in [-0.2, 0) is 20.3 Å². The van der Waals surface area contributed by atoms with Crippen LogP contribution >= 0.6 is 26.2 Å². The molecule has 5 nitrogen and oxygen atoms in total. The highest BCUT2D eigenvalue weighted by Gasteiger charge is 2.41. The lowest BCUT2D eigenvalue weighted by atomic mass is 10.1. The zero-order chi connectivity index (χ0) is 25.1. The Kier molecular flexibility index (Phi) is 8.01. The van der Waals surface area contributed by atoms with Gasteiger partial charge < -0.3 is 8.92 Å². The standard InChI is InChI=1S/C28H33BrN2O3S/c1-5-22-19-33-20-27(32)31(22)26-17-21(16-25(29)30-26)18-34-35(28(2,3)4,23-12-8-6-9-13-23)24-14-10-7-11-15-24/h6-17,22H,5,18-20H2,1-4H3/t22-/m0/s1. The number of ether oxygens (including phenoxy) is 1. The summed E-state index contributed by atoms with van der Waals surface area (Å²) in [6, 6.07) is 25.0. The van der Waals surface area contributed by atoms with E-state index in [2.05, 4.69) is 97.1 Å². The number of rotatable bonds is 7. The van der Waals surface area contributed by atoms with E-state index in [9.17, 15) is 4.79 Å². The third kappa shape index (κ3) is 5.33. The molecule has 35 heavy (non-hydrogen) atoms. The topological polar surface area (TPSA) is 51.7 Å². The summed E-state index contributed by atoms with van der Waals surface area (Å²) in [5.74, 6) is 0.567. The van der Waals surface area contributed by atoms with Crippen molar-refractivity contribution in [1.82, 2.24) is 4.98 Å². The van der Waals surface area contributed by atoms with Crippen LogP contribution in [0.25, 0.3) is 0 Å². The molecule has 0 bridgehead atoms. The minimum absolute atomic E-state index is 0.0280. The Labute approximate surface area is 218 Å². The molecule has 0 unspecified atom stereocenters. The first-order valence-corrected chi connectivity index (χ1v) is 14.2. The number of carbonyl (C=O) groups is 1. The zero-order valence-electron chi connectivity index (χ0n) is 20.7. The van der Waals surface area contributed by atoms with E-state index in [0.717, 1.165) is 12.0 Å². The monoisotopic (exact) mass is 556 g/mol. The van der Waals surface area contributed by atoms with Crippen molar-refractivity contribution in [3.8, 4) is 0 Å². The van der Waals surface area contributed by atoms with Crippen molar-refractivity contribution in [3.63, 3.8) is 0 Å². The number of halogens is 1. The highest BCUT2D eigenvalue weighted by atomic mass is 79.9. The van der Waals surface area contributed by atoms with Gasteiger partial charge in [-0.15, -0.1) is 0 Å². The Bertz CT molecular complexity index is 1110. The predicted octanol–water partition coefficient (Wildman–Crippen LogP) is 7.14. The van der Waals surface area contributed by atoms with Crippen LogP contribution in [0.2, 0.25) is 0 Å². The van der Waals surface area contributed by atoms with Gasteiger partial charge in [-0.05, 0) is 85.1 Å². The average Bonchev–Trinajstić information content (AvgIpc) is 2.84. The van der Waals surface area contributed by atoms with Gasteiger partial charge in [0.05, 0.1) is 19.3 Å². The molecule has 1 saturated heterocycles. The SMILES string of the molecule is CC[C@H]1COCC(=O)N1c1cc(COS(c2ccccc2)(c2ccccc2)C(C)(C)C)cc(Br)n1. The smallest absolute Gasteiger partial charge is 0.254 e. The minimum Gasteiger partial charge on any atom is -0.369 e. The molecular weight excluding hydrogens is 524 g/mol. The molecule has 1 aliphatic rings. The van der Waals surface area contributed by atoms with Crippen LogP contribution in [0.5, 0.6) is 0 Å². The normalized spacial score (nSPS) is 17.5. The highest BCUT2D eigenvalue weighted by molar-refractivity contribution is 9.10. The molecule has 4 rings (SSSR count). The molecule has 0 radical (unpaired) electrons. The Balaban J connectivity index is 1.74. The summed E-state index contributed by atoms with van der Waals surface area (Å²) in [6.07, 6.45) is 0.797. The molecule has 0 saturated carbocycles. The van der Waals surface area contributed by atoms with Crippen LogP contribution in [-0.4, -0.2) is 34.9 Å². The maximum absolute atomic E-state index is 12.7. The van der Waals surface area contributed by atoms with Gasteiger partial charge in [0.15, 0.2) is 0 Å². The lowest BCUT2D eigenvalue weighted by Gasteiger charge is -2.50. The van der Waals surface area contributed by atoms with Crippen molar-refractivity contribution >= 4 is 38.0 Å². The summed E-state index contributed by atoms with van der Waals surface area (Å²) in [5, 5.41) is 0. The van der Waals surface area contributed by atoms with Gasteiger partial charge >= 0.3 is 0 Å². The largest absolute Gasteiger partial charge is 0.369 e. The van der Waals surface area contributed by atoms with Crippen molar-refractivity contribution in [2.24, 2.45) is 0 Å². The molecule has 2 heterocycles. The first kappa shape index (κ1) is 25.9.